The van der Waals surface area contributed by atoms with Gasteiger partial charge in [-0.1, -0.05) is 24.3 Å². The van der Waals surface area contributed by atoms with Crippen molar-refractivity contribution in [1.29, 1.82) is 5.26 Å². The molecule has 12 heteroatoms. The predicted octanol–water partition coefficient (Wildman–Crippen LogP) is 4.02. The molecule has 11 nitrogen and oxygen atoms in total. The molecule has 0 atom stereocenters. The van der Waals surface area contributed by atoms with Gasteiger partial charge in [-0.3, -0.25) is 20.2 Å². The van der Waals surface area contributed by atoms with E-state index in [1.807, 2.05) is 13.0 Å². The number of methoxy groups -OCH3 is 1. The van der Waals surface area contributed by atoms with Crippen LogP contribution in [-0.2, 0) is 11.2 Å². The number of ether oxygens (including phenoxy) is 3. The standard InChI is InChI=1S/C23H21N5O6S/c1-3-21-26-27-23(35-21)25-22(29)16(14-24)12-15-4-9-19(20(13-15)32-2)34-11-10-33-18-7-5-17(6-8-18)28(30)31/h4-9,12-13H,3,10-11H2,1-2H3,(H,25,27,29)/b16-12-. The average molecular weight is 496 g/mol. The van der Waals surface area contributed by atoms with Gasteiger partial charge in [-0.2, -0.15) is 5.26 Å². The van der Waals surface area contributed by atoms with E-state index < -0.39 is 10.8 Å². The van der Waals surface area contributed by atoms with Crippen molar-refractivity contribution in [2.75, 3.05) is 25.6 Å². The van der Waals surface area contributed by atoms with Gasteiger partial charge in [-0.05, 0) is 42.3 Å². The minimum Gasteiger partial charge on any atom is -0.493 e. The molecule has 0 spiro atoms. The molecule has 1 aromatic heterocycles. The number of hydrogen-bond donors (Lipinski definition) is 1. The number of carbonyl (C=O) groups is 1. The van der Waals surface area contributed by atoms with Crippen LogP contribution in [0.1, 0.15) is 17.5 Å². The molecule has 1 N–H and O–H groups in total. The molecule has 35 heavy (non-hydrogen) atoms. The molecule has 0 radical (unpaired) electrons. The SMILES string of the molecule is CCc1nnc(NC(=O)/C(C#N)=C\c2ccc(OCCOc3ccc([N+](=O)[O-])cc3)c(OC)c2)s1. The summed E-state index contributed by atoms with van der Waals surface area (Å²) in [6.45, 7) is 2.32. The quantitative estimate of drug-likeness (QED) is 0.137. The Morgan fingerprint density at radius 3 is 2.54 bits per heavy atom. The summed E-state index contributed by atoms with van der Waals surface area (Å²) in [5.74, 6) is 0.742. The van der Waals surface area contributed by atoms with Crippen LogP contribution in [0.4, 0.5) is 10.8 Å². The Bertz CT molecular complexity index is 1270. The molecule has 0 aliphatic heterocycles. The highest BCUT2D eigenvalue weighted by atomic mass is 32.1. The Hall–Kier alpha value is -4.50. The zero-order chi connectivity index (χ0) is 25.2. The third kappa shape index (κ3) is 6.99. The number of hydrogen-bond acceptors (Lipinski definition) is 10. The first-order chi connectivity index (χ1) is 16.9. The highest BCUT2D eigenvalue weighted by Crippen LogP contribution is 2.29. The van der Waals surface area contributed by atoms with E-state index in [0.717, 1.165) is 5.01 Å². The summed E-state index contributed by atoms with van der Waals surface area (Å²) in [7, 11) is 1.47. The molecular weight excluding hydrogens is 474 g/mol. The van der Waals surface area contributed by atoms with E-state index in [4.69, 9.17) is 14.2 Å². The summed E-state index contributed by atoms with van der Waals surface area (Å²) in [6, 6.07) is 12.6. The summed E-state index contributed by atoms with van der Waals surface area (Å²) in [5.41, 5.74) is 0.440. The number of non-ortho nitro benzene ring substituents is 1. The van der Waals surface area contributed by atoms with Crippen LogP contribution < -0.4 is 19.5 Å². The van der Waals surface area contributed by atoms with Crippen LogP contribution >= 0.6 is 11.3 Å². The highest BCUT2D eigenvalue weighted by molar-refractivity contribution is 7.15. The Morgan fingerprint density at radius 1 is 1.17 bits per heavy atom. The van der Waals surface area contributed by atoms with Crippen molar-refractivity contribution in [3.05, 3.63) is 68.7 Å². The van der Waals surface area contributed by atoms with Crippen LogP contribution in [0.2, 0.25) is 0 Å². The van der Waals surface area contributed by atoms with Crippen LogP contribution in [0, 0.1) is 21.4 Å². The van der Waals surface area contributed by atoms with Gasteiger partial charge in [0.25, 0.3) is 11.6 Å². The molecule has 1 amide bonds. The number of aryl methyl sites for hydroxylation is 1. The smallest absolute Gasteiger partial charge is 0.269 e. The fourth-order valence-corrected chi connectivity index (χ4v) is 3.47. The number of benzene rings is 2. The summed E-state index contributed by atoms with van der Waals surface area (Å²) < 4.78 is 16.6. The fraction of sp³-hybridized carbons (Fsp3) is 0.217. The molecule has 0 saturated heterocycles. The van der Waals surface area contributed by atoms with Gasteiger partial charge in [0.05, 0.1) is 12.0 Å². The van der Waals surface area contributed by atoms with Crippen LogP contribution in [0.25, 0.3) is 6.08 Å². The van der Waals surface area contributed by atoms with Crippen LogP contribution in [0.5, 0.6) is 17.2 Å². The van der Waals surface area contributed by atoms with Gasteiger partial charge in [0, 0.05) is 12.1 Å². The molecule has 3 rings (SSSR count). The van der Waals surface area contributed by atoms with Gasteiger partial charge in [-0.25, -0.2) is 0 Å². The number of nitro groups is 1. The maximum absolute atomic E-state index is 12.4. The van der Waals surface area contributed by atoms with Crippen molar-refractivity contribution in [3.63, 3.8) is 0 Å². The van der Waals surface area contributed by atoms with E-state index in [2.05, 4.69) is 15.5 Å². The van der Waals surface area contributed by atoms with Crippen molar-refractivity contribution >= 4 is 34.1 Å². The number of nitro benzene ring substituents is 1. The van der Waals surface area contributed by atoms with E-state index in [-0.39, 0.29) is 24.5 Å². The lowest BCUT2D eigenvalue weighted by Crippen LogP contribution is -2.13. The Morgan fingerprint density at radius 2 is 1.91 bits per heavy atom. The zero-order valence-corrected chi connectivity index (χ0v) is 19.7. The average Bonchev–Trinajstić information content (AvgIpc) is 3.33. The normalized spacial score (nSPS) is 10.8. The summed E-state index contributed by atoms with van der Waals surface area (Å²) in [5, 5.41) is 31.6. The monoisotopic (exact) mass is 495 g/mol. The van der Waals surface area contributed by atoms with E-state index in [9.17, 15) is 20.2 Å². The molecule has 0 saturated carbocycles. The Labute approximate surface area is 204 Å². The number of amides is 1. The molecule has 3 aromatic rings. The molecule has 0 unspecified atom stereocenters. The summed E-state index contributed by atoms with van der Waals surface area (Å²) in [6.07, 6.45) is 2.13. The maximum Gasteiger partial charge on any atom is 0.269 e. The lowest BCUT2D eigenvalue weighted by molar-refractivity contribution is -0.384. The summed E-state index contributed by atoms with van der Waals surface area (Å²) >= 11 is 1.25. The lowest BCUT2D eigenvalue weighted by Gasteiger charge is -2.12. The highest BCUT2D eigenvalue weighted by Gasteiger charge is 2.14. The number of nitrogens with zero attached hydrogens (tertiary/aromatic N) is 4. The third-order valence-electron chi connectivity index (χ3n) is 4.51. The number of nitriles is 1. The number of carbonyl (C=O) groups excluding carboxylic acids is 1. The van der Waals surface area contributed by atoms with E-state index >= 15 is 0 Å². The minimum absolute atomic E-state index is 0.0182. The minimum atomic E-state index is -0.589. The number of rotatable bonds is 11. The molecule has 2 aromatic carbocycles. The third-order valence-corrected chi connectivity index (χ3v) is 5.49. The van der Waals surface area contributed by atoms with Gasteiger partial charge in [0.15, 0.2) is 11.5 Å². The Balaban J connectivity index is 1.59. The first kappa shape index (κ1) is 25.1. The number of nitrogens with one attached hydrogen (secondary N) is 1. The largest absolute Gasteiger partial charge is 0.493 e. The van der Waals surface area contributed by atoms with Crippen molar-refractivity contribution < 1.29 is 23.9 Å². The first-order valence-electron chi connectivity index (χ1n) is 10.4. The Kier molecular flexibility index (Phi) is 8.69. The topological polar surface area (TPSA) is 150 Å². The molecule has 0 aliphatic carbocycles. The van der Waals surface area contributed by atoms with Gasteiger partial charge < -0.3 is 14.2 Å². The zero-order valence-electron chi connectivity index (χ0n) is 18.9. The van der Waals surface area contributed by atoms with Gasteiger partial charge >= 0.3 is 0 Å². The second kappa shape index (κ2) is 12.1. The molecule has 0 bridgehead atoms. The number of aromatic nitrogens is 2. The lowest BCUT2D eigenvalue weighted by atomic mass is 10.1. The second-order valence-corrected chi connectivity index (χ2v) is 7.90. The van der Waals surface area contributed by atoms with Gasteiger partial charge in [0.1, 0.15) is 35.6 Å². The summed E-state index contributed by atoms with van der Waals surface area (Å²) in [4.78, 5) is 22.7. The van der Waals surface area contributed by atoms with E-state index in [1.165, 1.54) is 48.8 Å². The van der Waals surface area contributed by atoms with Crippen LogP contribution in [-0.4, -0.2) is 41.4 Å². The van der Waals surface area contributed by atoms with Crippen molar-refractivity contribution in [3.8, 4) is 23.3 Å². The second-order valence-electron chi connectivity index (χ2n) is 6.84. The molecule has 0 aliphatic rings. The molecule has 0 fully saturated rings. The molecule has 180 valence electrons. The van der Waals surface area contributed by atoms with Crippen LogP contribution in [0.3, 0.4) is 0 Å². The predicted molar refractivity (Wildman–Crippen MR) is 129 cm³/mol. The van der Waals surface area contributed by atoms with Crippen molar-refractivity contribution in [1.82, 2.24) is 10.2 Å². The van der Waals surface area contributed by atoms with E-state index in [0.29, 0.717) is 34.4 Å². The molecular formula is C23H21N5O6S. The van der Waals surface area contributed by atoms with Gasteiger partial charge in [-0.15, -0.1) is 10.2 Å². The van der Waals surface area contributed by atoms with Crippen molar-refractivity contribution in [2.24, 2.45) is 0 Å². The maximum atomic E-state index is 12.4. The van der Waals surface area contributed by atoms with Gasteiger partial charge in [0.2, 0.25) is 5.13 Å². The van der Waals surface area contributed by atoms with E-state index in [1.54, 1.807) is 18.2 Å². The first-order valence-corrected chi connectivity index (χ1v) is 11.2. The molecule has 1 heterocycles. The number of anilines is 1. The fourth-order valence-electron chi connectivity index (χ4n) is 2.80. The van der Waals surface area contributed by atoms with Crippen LogP contribution in [0.15, 0.2) is 48.0 Å². The van der Waals surface area contributed by atoms with Crippen molar-refractivity contribution in [2.45, 2.75) is 13.3 Å².